The van der Waals surface area contributed by atoms with E-state index in [9.17, 15) is 4.79 Å². The highest BCUT2D eigenvalue weighted by atomic mass is 35.5. The first-order valence-corrected chi connectivity index (χ1v) is 8.86. The van der Waals surface area contributed by atoms with Gasteiger partial charge in [-0.05, 0) is 42.7 Å². The number of carbonyl (C=O) groups excluding carboxylic acids is 1. The summed E-state index contributed by atoms with van der Waals surface area (Å²) in [5.74, 6) is 1.71. The molecule has 4 rings (SSSR count). The standard InChI is InChI=1S/C20H21N5O.2ClH/c21-18(14-6-2-1-3-7-14)20(26)22-16-11-9-15(10-12-16)19-24-23-17-8-4-5-13-25(17)19;;/h1-3,6-7,9-12,18H,4-5,8,13,21H2,(H,22,26);2*1H. The van der Waals surface area contributed by atoms with E-state index in [1.165, 1.54) is 6.42 Å². The van der Waals surface area contributed by atoms with Crippen LogP contribution in [0.1, 0.15) is 30.3 Å². The summed E-state index contributed by atoms with van der Waals surface area (Å²) in [6.45, 7) is 0.960. The van der Waals surface area contributed by atoms with Gasteiger partial charge in [0.05, 0.1) is 0 Å². The highest BCUT2D eigenvalue weighted by Gasteiger charge is 2.18. The lowest BCUT2D eigenvalue weighted by Crippen LogP contribution is -2.27. The quantitative estimate of drug-likeness (QED) is 0.673. The minimum absolute atomic E-state index is 0. The molecule has 0 fully saturated rings. The second kappa shape index (κ2) is 9.68. The number of nitrogens with two attached hydrogens (primary N) is 1. The lowest BCUT2D eigenvalue weighted by Gasteiger charge is -2.15. The van der Waals surface area contributed by atoms with Gasteiger partial charge in [0.15, 0.2) is 5.82 Å². The monoisotopic (exact) mass is 419 g/mol. The largest absolute Gasteiger partial charge is 0.324 e. The molecular formula is C20H23Cl2N5O. The second-order valence-corrected chi connectivity index (χ2v) is 6.50. The van der Waals surface area contributed by atoms with Crippen molar-refractivity contribution in [1.29, 1.82) is 0 Å². The van der Waals surface area contributed by atoms with E-state index in [0.29, 0.717) is 5.69 Å². The predicted octanol–water partition coefficient (Wildman–Crippen LogP) is 3.76. The maximum Gasteiger partial charge on any atom is 0.245 e. The van der Waals surface area contributed by atoms with Crippen LogP contribution in [0.25, 0.3) is 11.4 Å². The van der Waals surface area contributed by atoms with Crippen molar-refractivity contribution < 1.29 is 4.79 Å². The van der Waals surface area contributed by atoms with Gasteiger partial charge in [-0.3, -0.25) is 4.79 Å². The Labute approximate surface area is 176 Å². The third-order valence-corrected chi connectivity index (χ3v) is 4.71. The number of aromatic nitrogens is 3. The predicted molar refractivity (Wildman–Crippen MR) is 115 cm³/mol. The molecule has 2 heterocycles. The zero-order valence-corrected chi connectivity index (χ0v) is 16.9. The van der Waals surface area contributed by atoms with Crippen LogP contribution in [-0.2, 0) is 17.8 Å². The van der Waals surface area contributed by atoms with Crippen LogP contribution in [0, 0.1) is 0 Å². The summed E-state index contributed by atoms with van der Waals surface area (Å²) in [5.41, 5.74) is 8.53. The van der Waals surface area contributed by atoms with Crippen LogP contribution >= 0.6 is 24.8 Å². The number of carbonyl (C=O) groups is 1. The number of rotatable bonds is 4. The molecule has 0 spiro atoms. The van der Waals surface area contributed by atoms with Crippen LogP contribution in [0.5, 0.6) is 0 Å². The first kappa shape index (κ1) is 21.9. The third kappa shape index (κ3) is 4.52. The highest BCUT2D eigenvalue weighted by Crippen LogP contribution is 2.24. The topological polar surface area (TPSA) is 85.8 Å². The fourth-order valence-electron chi connectivity index (χ4n) is 3.26. The molecule has 1 aliphatic rings. The number of aryl methyl sites for hydroxylation is 1. The highest BCUT2D eigenvalue weighted by molar-refractivity contribution is 5.95. The summed E-state index contributed by atoms with van der Waals surface area (Å²) in [5, 5.41) is 11.5. The molecule has 1 unspecified atom stereocenters. The molecular weight excluding hydrogens is 397 g/mol. The van der Waals surface area contributed by atoms with Gasteiger partial charge in [0.2, 0.25) is 5.91 Å². The van der Waals surface area contributed by atoms with Gasteiger partial charge in [-0.2, -0.15) is 0 Å². The van der Waals surface area contributed by atoms with Crippen LogP contribution in [0.15, 0.2) is 54.6 Å². The van der Waals surface area contributed by atoms with Crippen molar-refractivity contribution in [3.63, 3.8) is 0 Å². The van der Waals surface area contributed by atoms with E-state index in [4.69, 9.17) is 5.73 Å². The van der Waals surface area contributed by atoms with Gasteiger partial charge in [0.1, 0.15) is 11.9 Å². The van der Waals surface area contributed by atoms with Crippen LogP contribution in [0.4, 0.5) is 5.69 Å². The molecule has 6 nitrogen and oxygen atoms in total. The van der Waals surface area contributed by atoms with Crippen LogP contribution < -0.4 is 11.1 Å². The number of halogens is 2. The Kier molecular flexibility index (Phi) is 7.57. The van der Waals surface area contributed by atoms with Crippen molar-refractivity contribution in [3.8, 4) is 11.4 Å². The molecule has 0 saturated carbocycles. The minimum atomic E-state index is -0.695. The Balaban J connectivity index is 0.00000140. The van der Waals surface area contributed by atoms with Gasteiger partial charge >= 0.3 is 0 Å². The third-order valence-electron chi connectivity index (χ3n) is 4.71. The minimum Gasteiger partial charge on any atom is -0.324 e. The number of nitrogens with zero attached hydrogens (tertiary/aromatic N) is 3. The van der Waals surface area contributed by atoms with Crippen molar-refractivity contribution >= 4 is 36.4 Å². The normalized spacial score (nSPS) is 13.5. The van der Waals surface area contributed by atoms with Gasteiger partial charge < -0.3 is 15.6 Å². The smallest absolute Gasteiger partial charge is 0.245 e. The van der Waals surface area contributed by atoms with Gasteiger partial charge in [0, 0.05) is 24.2 Å². The summed E-state index contributed by atoms with van der Waals surface area (Å²) in [6.07, 6.45) is 3.31. The second-order valence-electron chi connectivity index (χ2n) is 6.50. The summed E-state index contributed by atoms with van der Waals surface area (Å²) in [7, 11) is 0. The summed E-state index contributed by atoms with van der Waals surface area (Å²) in [6, 6.07) is 16.3. The Hall–Kier alpha value is -2.41. The van der Waals surface area contributed by atoms with Gasteiger partial charge in [-0.1, -0.05) is 30.3 Å². The van der Waals surface area contributed by atoms with Gasteiger partial charge in [0.25, 0.3) is 0 Å². The van der Waals surface area contributed by atoms with E-state index < -0.39 is 6.04 Å². The Bertz CT molecular complexity index is 912. The molecule has 148 valence electrons. The molecule has 0 radical (unpaired) electrons. The number of anilines is 1. The fourth-order valence-corrected chi connectivity index (χ4v) is 3.26. The molecule has 1 aromatic heterocycles. The van der Waals surface area contributed by atoms with Crippen LogP contribution in [0.2, 0.25) is 0 Å². The maximum atomic E-state index is 12.4. The Morgan fingerprint density at radius 1 is 1.00 bits per heavy atom. The molecule has 0 saturated heterocycles. The Morgan fingerprint density at radius 3 is 2.43 bits per heavy atom. The van der Waals surface area contributed by atoms with Gasteiger partial charge in [-0.15, -0.1) is 35.0 Å². The summed E-state index contributed by atoms with van der Waals surface area (Å²) in [4.78, 5) is 12.4. The van der Waals surface area contributed by atoms with Crippen molar-refractivity contribution in [1.82, 2.24) is 14.8 Å². The molecule has 0 aliphatic carbocycles. The van der Waals surface area contributed by atoms with Crippen molar-refractivity contribution in [2.24, 2.45) is 5.73 Å². The number of nitrogens with one attached hydrogen (secondary N) is 1. The van der Waals surface area contributed by atoms with Crippen molar-refractivity contribution in [3.05, 3.63) is 66.0 Å². The molecule has 2 aromatic carbocycles. The van der Waals surface area contributed by atoms with Crippen LogP contribution in [0.3, 0.4) is 0 Å². The van der Waals surface area contributed by atoms with E-state index in [0.717, 1.165) is 42.2 Å². The fraction of sp³-hybridized carbons (Fsp3) is 0.250. The average molecular weight is 420 g/mol. The number of benzene rings is 2. The average Bonchev–Trinajstić information content (AvgIpc) is 3.13. The molecule has 1 atom stereocenters. The zero-order valence-electron chi connectivity index (χ0n) is 15.2. The van der Waals surface area contributed by atoms with E-state index in [1.54, 1.807) is 0 Å². The molecule has 0 bridgehead atoms. The van der Waals surface area contributed by atoms with E-state index in [1.807, 2.05) is 54.6 Å². The molecule has 1 amide bonds. The van der Waals surface area contributed by atoms with E-state index in [-0.39, 0.29) is 30.7 Å². The van der Waals surface area contributed by atoms with Gasteiger partial charge in [-0.25, -0.2) is 0 Å². The van der Waals surface area contributed by atoms with Crippen molar-refractivity contribution in [2.75, 3.05) is 5.32 Å². The summed E-state index contributed by atoms with van der Waals surface area (Å²) < 4.78 is 2.18. The maximum absolute atomic E-state index is 12.4. The molecule has 1 aliphatic heterocycles. The number of hydrogen-bond acceptors (Lipinski definition) is 4. The first-order valence-electron chi connectivity index (χ1n) is 8.86. The Morgan fingerprint density at radius 2 is 1.71 bits per heavy atom. The lowest BCUT2D eigenvalue weighted by atomic mass is 10.1. The SMILES string of the molecule is Cl.Cl.NC(C(=O)Nc1ccc(-c2nnc3n2CCCC3)cc1)c1ccccc1. The van der Waals surface area contributed by atoms with Crippen LogP contribution in [-0.4, -0.2) is 20.7 Å². The van der Waals surface area contributed by atoms with E-state index >= 15 is 0 Å². The van der Waals surface area contributed by atoms with Crippen molar-refractivity contribution in [2.45, 2.75) is 31.8 Å². The lowest BCUT2D eigenvalue weighted by molar-refractivity contribution is -0.117. The number of hydrogen-bond donors (Lipinski definition) is 2. The van der Waals surface area contributed by atoms with E-state index in [2.05, 4.69) is 20.1 Å². The number of fused-ring (bicyclic) bond motifs is 1. The molecule has 8 heteroatoms. The number of amides is 1. The zero-order chi connectivity index (χ0) is 17.9. The summed E-state index contributed by atoms with van der Waals surface area (Å²) >= 11 is 0. The molecule has 3 aromatic rings. The molecule has 3 N–H and O–H groups in total. The first-order chi connectivity index (χ1) is 12.7. The molecule has 28 heavy (non-hydrogen) atoms.